The molecule has 0 unspecified atom stereocenters. The van der Waals surface area contributed by atoms with Crippen molar-refractivity contribution in [2.75, 3.05) is 24.6 Å². The van der Waals surface area contributed by atoms with Crippen molar-refractivity contribution in [3.05, 3.63) is 34.7 Å². The van der Waals surface area contributed by atoms with Crippen LogP contribution >= 0.6 is 23.1 Å². The Bertz CT molecular complexity index is 603. The third-order valence-electron chi connectivity index (χ3n) is 3.38. The van der Waals surface area contributed by atoms with E-state index in [1.165, 1.54) is 11.3 Å². The molecular weight excluding hydrogens is 278 g/mol. The first-order chi connectivity index (χ1) is 9.25. The van der Waals surface area contributed by atoms with Crippen LogP contribution in [0, 0.1) is 0 Å². The average molecular weight is 293 g/mol. The Balaban J connectivity index is 1.99. The van der Waals surface area contributed by atoms with Gasteiger partial charge in [-0.15, -0.1) is 11.3 Å². The summed E-state index contributed by atoms with van der Waals surface area (Å²) < 4.78 is 1.07. The highest BCUT2D eigenvalue weighted by molar-refractivity contribution is 7.99. The third kappa shape index (κ3) is 2.63. The highest BCUT2D eigenvalue weighted by atomic mass is 32.2. The quantitative estimate of drug-likeness (QED) is 0.944. The van der Waals surface area contributed by atoms with E-state index in [4.69, 9.17) is 0 Å². The minimum absolute atomic E-state index is 0.499. The number of carbonyl (C=O) groups is 1. The molecule has 0 atom stereocenters. The predicted octanol–water partition coefficient (Wildman–Crippen LogP) is 3.15. The monoisotopic (exact) mass is 293 g/mol. The molecule has 5 heteroatoms. The summed E-state index contributed by atoms with van der Waals surface area (Å²) in [7, 11) is 0. The number of hydrogen-bond donors (Lipinski definition) is 1. The van der Waals surface area contributed by atoms with E-state index in [0.29, 0.717) is 4.88 Å². The molecule has 1 saturated heterocycles. The zero-order valence-corrected chi connectivity index (χ0v) is 12.1. The summed E-state index contributed by atoms with van der Waals surface area (Å²) in [6.07, 6.45) is 0. The lowest BCUT2D eigenvalue weighted by molar-refractivity contribution is 0.0700. The second-order valence-electron chi connectivity index (χ2n) is 4.60. The van der Waals surface area contributed by atoms with Crippen molar-refractivity contribution in [2.24, 2.45) is 0 Å². The average Bonchev–Trinajstić information content (AvgIpc) is 2.79. The number of aromatic carboxylic acids is 1. The molecular formula is C14H15NO2S2. The van der Waals surface area contributed by atoms with Crippen LogP contribution in [0.3, 0.4) is 0 Å². The Morgan fingerprint density at radius 3 is 2.74 bits per heavy atom. The van der Waals surface area contributed by atoms with Gasteiger partial charge in [0.25, 0.3) is 0 Å². The Morgan fingerprint density at radius 1 is 1.26 bits per heavy atom. The van der Waals surface area contributed by atoms with Gasteiger partial charge in [0.2, 0.25) is 0 Å². The molecule has 1 N–H and O–H groups in total. The minimum Gasteiger partial charge on any atom is -0.477 e. The van der Waals surface area contributed by atoms with Gasteiger partial charge in [-0.05, 0) is 17.0 Å². The van der Waals surface area contributed by atoms with Crippen LogP contribution < -0.4 is 0 Å². The zero-order valence-electron chi connectivity index (χ0n) is 10.5. The minimum atomic E-state index is -0.803. The van der Waals surface area contributed by atoms with Gasteiger partial charge in [0, 0.05) is 35.8 Å². The highest BCUT2D eigenvalue weighted by Gasteiger charge is 2.20. The van der Waals surface area contributed by atoms with Gasteiger partial charge in [-0.3, -0.25) is 4.90 Å². The van der Waals surface area contributed by atoms with Gasteiger partial charge in [0.1, 0.15) is 4.88 Å². The standard InChI is InChI=1S/C14H15NO2S2/c16-14(17)13-11(9-15-5-7-18-8-6-15)10-3-1-2-4-12(10)19-13/h1-4H,5-9H2,(H,16,17). The van der Waals surface area contributed by atoms with Crippen LogP contribution in [-0.4, -0.2) is 40.6 Å². The van der Waals surface area contributed by atoms with E-state index in [9.17, 15) is 9.90 Å². The molecule has 3 rings (SSSR count). The van der Waals surface area contributed by atoms with Crippen LogP contribution in [0.5, 0.6) is 0 Å². The van der Waals surface area contributed by atoms with Crippen LogP contribution in [0.15, 0.2) is 24.3 Å². The summed E-state index contributed by atoms with van der Waals surface area (Å²) >= 11 is 3.36. The van der Waals surface area contributed by atoms with Crippen molar-refractivity contribution in [3.8, 4) is 0 Å². The third-order valence-corrected chi connectivity index (χ3v) is 5.52. The van der Waals surface area contributed by atoms with E-state index >= 15 is 0 Å². The van der Waals surface area contributed by atoms with Gasteiger partial charge in [0.15, 0.2) is 0 Å². The van der Waals surface area contributed by atoms with Crippen LogP contribution in [0.2, 0.25) is 0 Å². The number of hydrogen-bond acceptors (Lipinski definition) is 4. The number of rotatable bonds is 3. The van der Waals surface area contributed by atoms with E-state index < -0.39 is 5.97 Å². The van der Waals surface area contributed by atoms with Gasteiger partial charge >= 0.3 is 5.97 Å². The van der Waals surface area contributed by atoms with Gasteiger partial charge < -0.3 is 5.11 Å². The van der Waals surface area contributed by atoms with Crippen molar-refractivity contribution in [2.45, 2.75) is 6.54 Å². The predicted molar refractivity (Wildman–Crippen MR) is 81.4 cm³/mol. The van der Waals surface area contributed by atoms with Gasteiger partial charge in [-0.2, -0.15) is 11.8 Å². The van der Waals surface area contributed by atoms with Crippen molar-refractivity contribution in [3.63, 3.8) is 0 Å². The fraction of sp³-hybridized carbons (Fsp3) is 0.357. The molecule has 1 aliphatic heterocycles. The summed E-state index contributed by atoms with van der Waals surface area (Å²) in [6.45, 7) is 2.86. The van der Waals surface area contributed by atoms with Crippen LogP contribution in [0.1, 0.15) is 15.2 Å². The fourth-order valence-corrected chi connectivity index (χ4v) is 4.44. The van der Waals surface area contributed by atoms with E-state index in [1.807, 2.05) is 36.0 Å². The molecule has 1 aromatic carbocycles. The molecule has 0 bridgehead atoms. The summed E-state index contributed by atoms with van der Waals surface area (Å²) in [5.74, 6) is 1.48. The molecule has 2 aromatic rings. The number of thiophene rings is 1. The number of thioether (sulfide) groups is 1. The van der Waals surface area contributed by atoms with E-state index in [2.05, 4.69) is 4.90 Å². The topological polar surface area (TPSA) is 40.5 Å². The van der Waals surface area contributed by atoms with Crippen molar-refractivity contribution in [1.29, 1.82) is 0 Å². The van der Waals surface area contributed by atoms with Crippen molar-refractivity contribution >= 4 is 39.2 Å². The molecule has 0 aliphatic carbocycles. The maximum absolute atomic E-state index is 11.4. The molecule has 0 saturated carbocycles. The molecule has 0 amide bonds. The summed E-state index contributed by atoms with van der Waals surface area (Å²) in [5.41, 5.74) is 0.986. The second kappa shape index (κ2) is 5.53. The van der Waals surface area contributed by atoms with E-state index in [1.54, 1.807) is 0 Å². The van der Waals surface area contributed by atoms with Crippen molar-refractivity contribution in [1.82, 2.24) is 4.90 Å². The first kappa shape index (κ1) is 13.0. The molecule has 2 heterocycles. The smallest absolute Gasteiger partial charge is 0.346 e. The Labute approximate surface area is 120 Å². The van der Waals surface area contributed by atoms with Crippen LogP contribution in [0.4, 0.5) is 0 Å². The lowest BCUT2D eigenvalue weighted by Gasteiger charge is -2.26. The normalized spacial score (nSPS) is 16.8. The molecule has 100 valence electrons. The van der Waals surface area contributed by atoms with Gasteiger partial charge in [-0.1, -0.05) is 18.2 Å². The Kier molecular flexibility index (Phi) is 3.77. The van der Waals surface area contributed by atoms with Crippen LogP contribution in [0.25, 0.3) is 10.1 Å². The molecule has 1 aliphatic rings. The molecule has 19 heavy (non-hydrogen) atoms. The summed E-state index contributed by atoms with van der Waals surface area (Å²) in [4.78, 5) is 14.3. The molecule has 0 radical (unpaired) electrons. The lowest BCUT2D eigenvalue weighted by Crippen LogP contribution is -2.32. The first-order valence-electron chi connectivity index (χ1n) is 6.29. The summed E-state index contributed by atoms with van der Waals surface area (Å²) in [6, 6.07) is 7.98. The number of carboxylic acid groups (broad SMARTS) is 1. The van der Waals surface area contributed by atoms with Gasteiger partial charge in [-0.25, -0.2) is 4.79 Å². The Hall–Kier alpha value is -1.04. The number of benzene rings is 1. The maximum Gasteiger partial charge on any atom is 0.346 e. The van der Waals surface area contributed by atoms with E-state index in [0.717, 1.165) is 46.8 Å². The van der Waals surface area contributed by atoms with Gasteiger partial charge in [0.05, 0.1) is 0 Å². The van der Waals surface area contributed by atoms with Crippen molar-refractivity contribution < 1.29 is 9.90 Å². The molecule has 1 fully saturated rings. The largest absolute Gasteiger partial charge is 0.477 e. The van der Waals surface area contributed by atoms with Crippen LogP contribution in [-0.2, 0) is 6.54 Å². The number of nitrogens with zero attached hydrogens (tertiary/aromatic N) is 1. The fourth-order valence-electron chi connectivity index (χ4n) is 2.41. The molecule has 1 aromatic heterocycles. The highest BCUT2D eigenvalue weighted by Crippen LogP contribution is 2.32. The maximum atomic E-state index is 11.4. The Morgan fingerprint density at radius 2 is 2.00 bits per heavy atom. The number of fused-ring (bicyclic) bond motifs is 1. The number of carboxylic acids is 1. The summed E-state index contributed by atoms with van der Waals surface area (Å²) in [5, 5.41) is 10.5. The van der Waals surface area contributed by atoms with E-state index in [-0.39, 0.29) is 0 Å². The first-order valence-corrected chi connectivity index (χ1v) is 8.26. The zero-order chi connectivity index (χ0) is 13.2. The molecule has 3 nitrogen and oxygen atoms in total. The molecule has 0 spiro atoms. The lowest BCUT2D eigenvalue weighted by atomic mass is 10.1. The second-order valence-corrected chi connectivity index (χ2v) is 6.88. The SMILES string of the molecule is O=C(O)c1sc2ccccc2c1CN1CCSCC1.